The summed E-state index contributed by atoms with van der Waals surface area (Å²) < 4.78 is 5.22. The standard InChI is InChI=1S/C13H15N3O6/c1-13(2,3)22-12(17)14-5-4-8-6-9(15(18)19)7-10(11(8)14)16(20)21/h6-7H,4-5H2,1-3H3. The van der Waals surface area contributed by atoms with Crippen LogP contribution < -0.4 is 4.90 Å². The van der Waals surface area contributed by atoms with E-state index in [0.29, 0.717) is 12.0 Å². The van der Waals surface area contributed by atoms with E-state index in [-0.39, 0.29) is 17.9 Å². The number of nitro groups is 2. The molecule has 0 saturated carbocycles. The zero-order valence-electron chi connectivity index (χ0n) is 12.4. The number of carbonyl (C=O) groups is 1. The molecular formula is C13H15N3O6. The summed E-state index contributed by atoms with van der Waals surface area (Å²) in [5.74, 6) is 0. The quantitative estimate of drug-likeness (QED) is 0.612. The number of fused-ring (bicyclic) bond motifs is 1. The number of hydrogen-bond acceptors (Lipinski definition) is 6. The molecule has 0 aliphatic carbocycles. The molecule has 0 aromatic heterocycles. The van der Waals surface area contributed by atoms with Crippen LogP contribution in [0.2, 0.25) is 0 Å². The van der Waals surface area contributed by atoms with E-state index in [1.165, 1.54) is 6.07 Å². The Morgan fingerprint density at radius 2 is 1.86 bits per heavy atom. The lowest BCUT2D eigenvalue weighted by molar-refractivity contribution is -0.393. The summed E-state index contributed by atoms with van der Waals surface area (Å²) in [6.07, 6.45) is -0.403. The highest BCUT2D eigenvalue weighted by atomic mass is 16.6. The molecule has 1 amide bonds. The lowest BCUT2D eigenvalue weighted by atomic mass is 10.1. The molecule has 0 atom stereocenters. The summed E-state index contributed by atoms with van der Waals surface area (Å²) in [7, 11) is 0. The second-order valence-electron chi connectivity index (χ2n) is 5.87. The number of ether oxygens (including phenoxy) is 1. The molecule has 1 aromatic carbocycles. The molecule has 0 spiro atoms. The second kappa shape index (κ2) is 5.24. The highest BCUT2D eigenvalue weighted by Gasteiger charge is 2.36. The van der Waals surface area contributed by atoms with Crippen LogP contribution in [0, 0.1) is 20.2 Å². The second-order valence-corrected chi connectivity index (χ2v) is 5.87. The van der Waals surface area contributed by atoms with Crippen molar-refractivity contribution in [3.63, 3.8) is 0 Å². The van der Waals surface area contributed by atoms with Gasteiger partial charge in [0.15, 0.2) is 0 Å². The lowest BCUT2D eigenvalue weighted by Gasteiger charge is -2.24. The number of hydrogen-bond donors (Lipinski definition) is 0. The number of anilines is 1. The van der Waals surface area contributed by atoms with Crippen molar-refractivity contribution in [2.75, 3.05) is 11.4 Å². The van der Waals surface area contributed by atoms with Crippen molar-refractivity contribution < 1.29 is 19.4 Å². The predicted octanol–water partition coefficient (Wildman–Crippen LogP) is 2.80. The van der Waals surface area contributed by atoms with E-state index >= 15 is 0 Å². The molecule has 9 heteroatoms. The summed E-state index contributed by atoms with van der Waals surface area (Å²) in [5.41, 5.74) is -1.10. The van der Waals surface area contributed by atoms with E-state index in [2.05, 4.69) is 0 Å². The molecule has 1 aromatic rings. The largest absolute Gasteiger partial charge is 0.443 e. The lowest BCUT2D eigenvalue weighted by Crippen LogP contribution is -2.36. The molecule has 0 N–H and O–H groups in total. The highest BCUT2D eigenvalue weighted by molar-refractivity contribution is 5.94. The monoisotopic (exact) mass is 309 g/mol. The molecule has 0 fully saturated rings. The number of nitrogens with zero attached hydrogens (tertiary/aromatic N) is 3. The van der Waals surface area contributed by atoms with Crippen LogP contribution in [0.25, 0.3) is 0 Å². The van der Waals surface area contributed by atoms with E-state index in [0.717, 1.165) is 11.0 Å². The van der Waals surface area contributed by atoms with Crippen LogP contribution in [0.15, 0.2) is 12.1 Å². The van der Waals surface area contributed by atoms with Gasteiger partial charge in [-0.25, -0.2) is 4.79 Å². The van der Waals surface area contributed by atoms with Gasteiger partial charge >= 0.3 is 6.09 Å². The van der Waals surface area contributed by atoms with E-state index in [9.17, 15) is 25.0 Å². The fourth-order valence-corrected chi connectivity index (χ4v) is 2.25. The first-order valence-electron chi connectivity index (χ1n) is 6.56. The molecular weight excluding hydrogens is 294 g/mol. The van der Waals surface area contributed by atoms with Crippen molar-refractivity contribution in [2.24, 2.45) is 0 Å². The van der Waals surface area contributed by atoms with Crippen LogP contribution in [0.3, 0.4) is 0 Å². The van der Waals surface area contributed by atoms with Crippen molar-refractivity contribution in [3.8, 4) is 0 Å². The van der Waals surface area contributed by atoms with Crippen LogP contribution in [-0.2, 0) is 11.2 Å². The maximum Gasteiger partial charge on any atom is 0.415 e. The Labute approximate surface area is 125 Å². The van der Waals surface area contributed by atoms with Gasteiger partial charge in [0.2, 0.25) is 0 Å². The molecule has 0 radical (unpaired) electrons. The molecule has 9 nitrogen and oxygen atoms in total. The molecule has 0 saturated heterocycles. The van der Waals surface area contributed by atoms with E-state index in [4.69, 9.17) is 4.74 Å². The van der Waals surface area contributed by atoms with E-state index in [1.54, 1.807) is 20.8 Å². The van der Waals surface area contributed by atoms with Gasteiger partial charge in [-0.2, -0.15) is 0 Å². The average Bonchev–Trinajstić information content (AvgIpc) is 2.78. The van der Waals surface area contributed by atoms with Gasteiger partial charge in [0, 0.05) is 12.6 Å². The summed E-state index contributed by atoms with van der Waals surface area (Å²) in [6.45, 7) is 5.25. The van der Waals surface area contributed by atoms with Crippen molar-refractivity contribution in [1.82, 2.24) is 0 Å². The molecule has 1 aliphatic rings. The van der Waals surface area contributed by atoms with Gasteiger partial charge in [-0.3, -0.25) is 25.1 Å². The molecule has 118 valence electrons. The van der Waals surface area contributed by atoms with Gasteiger partial charge < -0.3 is 4.74 Å². The Hall–Kier alpha value is -2.71. The maximum absolute atomic E-state index is 12.2. The van der Waals surface area contributed by atoms with Crippen LogP contribution >= 0.6 is 0 Å². The van der Waals surface area contributed by atoms with Crippen LogP contribution in [0.5, 0.6) is 0 Å². The minimum absolute atomic E-state index is 0.0739. The zero-order valence-corrected chi connectivity index (χ0v) is 12.4. The summed E-state index contributed by atoms with van der Waals surface area (Å²) in [4.78, 5) is 34.0. The molecule has 0 unspecified atom stereocenters. The Kier molecular flexibility index (Phi) is 3.74. The topological polar surface area (TPSA) is 116 Å². The molecule has 2 rings (SSSR count). The Morgan fingerprint density at radius 1 is 1.23 bits per heavy atom. The first kappa shape index (κ1) is 15.7. The van der Waals surface area contributed by atoms with Crippen molar-refractivity contribution >= 4 is 23.2 Å². The molecule has 22 heavy (non-hydrogen) atoms. The van der Waals surface area contributed by atoms with Gasteiger partial charge in [0.05, 0.1) is 15.9 Å². The van der Waals surface area contributed by atoms with E-state index in [1.807, 2.05) is 0 Å². The van der Waals surface area contributed by atoms with Gasteiger partial charge in [-0.1, -0.05) is 0 Å². The maximum atomic E-state index is 12.2. The summed E-state index contributed by atoms with van der Waals surface area (Å²) in [5, 5.41) is 22.0. The smallest absolute Gasteiger partial charge is 0.415 e. The SMILES string of the molecule is CC(C)(C)OC(=O)N1CCc2cc([N+](=O)[O-])cc([N+](=O)[O-])c21. The van der Waals surface area contributed by atoms with Crippen LogP contribution in [0.4, 0.5) is 21.9 Å². The van der Waals surface area contributed by atoms with E-state index < -0.39 is 27.2 Å². The minimum atomic E-state index is -0.741. The number of rotatable bonds is 2. The van der Waals surface area contributed by atoms with Crippen molar-refractivity contribution in [3.05, 3.63) is 37.9 Å². The van der Waals surface area contributed by atoms with Crippen LogP contribution in [0.1, 0.15) is 26.3 Å². The van der Waals surface area contributed by atoms with Crippen molar-refractivity contribution in [1.29, 1.82) is 0 Å². The summed E-state index contributed by atoms with van der Waals surface area (Å²) in [6, 6.07) is 2.12. The third-order valence-corrected chi connectivity index (χ3v) is 3.05. The van der Waals surface area contributed by atoms with Gasteiger partial charge in [0.1, 0.15) is 11.3 Å². The molecule has 1 aliphatic heterocycles. The Balaban J connectivity index is 2.48. The van der Waals surface area contributed by atoms with Gasteiger partial charge in [0.25, 0.3) is 11.4 Å². The first-order chi connectivity index (χ1) is 10.1. The fraction of sp³-hybridized carbons (Fsp3) is 0.462. The third kappa shape index (κ3) is 2.97. The third-order valence-electron chi connectivity index (χ3n) is 3.05. The number of benzene rings is 1. The molecule has 1 heterocycles. The van der Waals surface area contributed by atoms with Gasteiger partial charge in [-0.15, -0.1) is 0 Å². The number of carbonyl (C=O) groups excluding carboxylic acids is 1. The Bertz CT molecular complexity index is 664. The minimum Gasteiger partial charge on any atom is -0.443 e. The molecule has 0 bridgehead atoms. The Morgan fingerprint density at radius 3 is 2.36 bits per heavy atom. The first-order valence-corrected chi connectivity index (χ1v) is 6.56. The average molecular weight is 309 g/mol. The number of non-ortho nitro benzene ring substituents is 1. The number of nitro benzene ring substituents is 2. The summed E-state index contributed by atoms with van der Waals surface area (Å²) >= 11 is 0. The van der Waals surface area contributed by atoms with Crippen molar-refractivity contribution in [2.45, 2.75) is 32.8 Å². The van der Waals surface area contributed by atoms with Gasteiger partial charge in [-0.05, 0) is 32.8 Å². The highest BCUT2D eigenvalue weighted by Crippen LogP contribution is 2.40. The zero-order chi connectivity index (χ0) is 16.7. The normalized spacial score (nSPS) is 13.7. The fourth-order valence-electron chi connectivity index (χ4n) is 2.25. The van der Waals surface area contributed by atoms with Crippen LogP contribution in [-0.4, -0.2) is 28.1 Å². The predicted molar refractivity (Wildman–Crippen MR) is 77.0 cm³/mol. The number of amides is 1.